The number of aliphatic hydroxyl groups is 1. The molecule has 0 fully saturated rings. The Labute approximate surface area is 118 Å². The molecule has 0 heterocycles. The Morgan fingerprint density at radius 1 is 1.25 bits per heavy atom. The molecule has 0 saturated heterocycles. The molecule has 0 aromatic heterocycles. The van der Waals surface area contributed by atoms with E-state index in [4.69, 9.17) is 5.73 Å². The maximum atomic E-state index is 12.3. The van der Waals surface area contributed by atoms with E-state index in [1.165, 1.54) is 0 Å². The number of rotatable bonds is 4. The summed E-state index contributed by atoms with van der Waals surface area (Å²) in [4.78, 5) is 12.3. The van der Waals surface area contributed by atoms with Gasteiger partial charge in [-0.25, -0.2) is 0 Å². The second-order valence-electron chi connectivity index (χ2n) is 5.29. The first-order valence-electron chi connectivity index (χ1n) is 6.73. The number of carbonyl (C=O) groups is 1. The van der Waals surface area contributed by atoms with Crippen molar-refractivity contribution in [1.82, 2.24) is 5.32 Å². The van der Waals surface area contributed by atoms with Crippen molar-refractivity contribution in [2.24, 2.45) is 5.92 Å². The zero-order valence-electron chi connectivity index (χ0n) is 11.8. The van der Waals surface area contributed by atoms with Gasteiger partial charge in [0.15, 0.2) is 0 Å². The average Bonchev–Trinajstić information content (AvgIpc) is 2.43. The number of aliphatic hydroxyl groups excluding tert-OH is 1. The van der Waals surface area contributed by atoms with Crippen LogP contribution < -0.4 is 11.1 Å². The minimum Gasteiger partial charge on any atom is -0.398 e. The lowest BCUT2D eigenvalue weighted by Crippen LogP contribution is -2.41. The molecule has 0 bridgehead atoms. The van der Waals surface area contributed by atoms with Crippen molar-refractivity contribution in [3.05, 3.63) is 42.0 Å². The second-order valence-corrected chi connectivity index (χ2v) is 5.29. The van der Waals surface area contributed by atoms with Gasteiger partial charge >= 0.3 is 0 Å². The van der Waals surface area contributed by atoms with Gasteiger partial charge in [-0.2, -0.15) is 0 Å². The summed E-state index contributed by atoms with van der Waals surface area (Å²) in [6.07, 6.45) is 0. The molecule has 4 nitrogen and oxygen atoms in total. The van der Waals surface area contributed by atoms with Crippen molar-refractivity contribution in [2.45, 2.75) is 19.9 Å². The Bertz CT molecular complexity index is 623. The molecule has 2 aromatic rings. The Kier molecular flexibility index (Phi) is 4.25. The number of nitrogens with one attached hydrogen (secondary N) is 1. The van der Waals surface area contributed by atoms with Crippen LogP contribution in [0.1, 0.15) is 24.2 Å². The number of nitrogens with two attached hydrogens (primary N) is 1. The van der Waals surface area contributed by atoms with Gasteiger partial charge in [-0.1, -0.05) is 38.1 Å². The van der Waals surface area contributed by atoms with Crippen molar-refractivity contribution in [2.75, 3.05) is 12.3 Å². The van der Waals surface area contributed by atoms with Gasteiger partial charge in [0.25, 0.3) is 5.91 Å². The lowest BCUT2D eigenvalue weighted by atomic mass is 10.0. The van der Waals surface area contributed by atoms with Crippen LogP contribution in [0.3, 0.4) is 0 Å². The highest BCUT2D eigenvalue weighted by Gasteiger charge is 2.18. The van der Waals surface area contributed by atoms with E-state index in [9.17, 15) is 9.90 Å². The molecule has 2 rings (SSSR count). The fourth-order valence-electron chi connectivity index (χ4n) is 2.12. The normalized spacial score (nSPS) is 12.6. The van der Waals surface area contributed by atoms with Gasteiger partial charge in [0.05, 0.1) is 18.2 Å². The van der Waals surface area contributed by atoms with Gasteiger partial charge in [0.2, 0.25) is 0 Å². The van der Waals surface area contributed by atoms with Gasteiger partial charge in [-0.05, 0) is 28.8 Å². The summed E-state index contributed by atoms with van der Waals surface area (Å²) < 4.78 is 0. The van der Waals surface area contributed by atoms with E-state index in [-0.39, 0.29) is 24.5 Å². The number of amides is 1. The van der Waals surface area contributed by atoms with Crippen LogP contribution in [0.25, 0.3) is 10.8 Å². The van der Waals surface area contributed by atoms with E-state index in [0.29, 0.717) is 11.3 Å². The lowest BCUT2D eigenvalue weighted by Gasteiger charge is -2.20. The van der Waals surface area contributed by atoms with Crippen LogP contribution in [-0.4, -0.2) is 23.7 Å². The number of anilines is 1. The molecule has 0 radical (unpaired) electrons. The Morgan fingerprint density at radius 2 is 1.85 bits per heavy atom. The van der Waals surface area contributed by atoms with Crippen LogP contribution in [0.15, 0.2) is 36.4 Å². The second kappa shape index (κ2) is 5.92. The summed E-state index contributed by atoms with van der Waals surface area (Å²) >= 11 is 0. The monoisotopic (exact) mass is 272 g/mol. The summed E-state index contributed by atoms with van der Waals surface area (Å²) in [7, 11) is 0. The molecular weight excluding hydrogens is 252 g/mol. The molecule has 0 aliphatic carbocycles. The van der Waals surface area contributed by atoms with Crippen LogP contribution in [0.5, 0.6) is 0 Å². The highest BCUT2D eigenvalue weighted by Crippen LogP contribution is 2.22. The SMILES string of the molecule is CC(C)[C@@H](CO)NC(=O)c1cc2ccccc2cc1N. The number of carbonyl (C=O) groups excluding carboxylic acids is 1. The highest BCUT2D eigenvalue weighted by atomic mass is 16.3. The zero-order valence-corrected chi connectivity index (χ0v) is 11.8. The van der Waals surface area contributed by atoms with Gasteiger partial charge in [-0.15, -0.1) is 0 Å². The van der Waals surface area contributed by atoms with Gasteiger partial charge < -0.3 is 16.2 Å². The zero-order chi connectivity index (χ0) is 14.7. The standard InChI is InChI=1S/C16H20N2O2/c1-10(2)15(9-19)18-16(20)13-7-11-5-3-4-6-12(11)8-14(13)17/h3-8,10,15,19H,9,17H2,1-2H3,(H,18,20)/t15-/m1/s1. The number of fused-ring (bicyclic) bond motifs is 1. The number of hydrogen-bond acceptors (Lipinski definition) is 3. The number of benzene rings is 2. The maximum absolute atomic E-state index is 12.3. The molecule has 2 aromatic carbocycles. The van der Waals surface area contributed by atoms with E-state index in [2.05, 4.69) is 5.32 Å². The van der Waals surface area contributed by atoms with Crippen LogP contribution in [0, 0.1) is 5.92 Å². The third-order valence-corrected chi connectivity index (χ3v) is 3.48. The van der Waals surface area contributed by atoms with E-state index in [1.807, 2.05) is 38.1 Å². The summed E-state index contributed by atoms with van der Waals surface area (Å²) in [5.41, 5.74) is 6.85. The third-order valence-electron chi connectivity index (χ3n) is 3.48. The van der Waals surface area contributed by atoms with Crippen LogP contribution >= 0.6 is 0 Å². The fourth-order valence-corrected chi connectivity index (χ4v) is 2.12. The lowest BCUT2D eigenvalue weighted by molar-refractivity contribution is 0.0898. The van der Waals surface area contributed by atoms with Crippen molar-refractivity contribution in [1.29, 1.82) is 0 Å². The van der Waals surface area contributed by atoms with Crippen molar-refractivity contribution < 1.29 is 9.90 Å². The first-order valence-corrected chi connectivity index (χ1v) is 6.73. The third kappa shape index (κ3) is 2.91. The Morgan fingerprint density at radius 3 is 2.40 bits per heavy atom. The molecule has 1 atom stereocenters. The first kappa shape index (κ1) is 14.3. The molecule has 0 aliphatic rings. The summed E-state index contributed by atoms with van der Waals surface area (Å²) in [6.45, 7) is 3.81. The minimum absolute atomic E-state index is 0.0864. The molecule has 0 spiro atoms. The molecule has 0 saturated carbocycles. The maximum Gasteiger partial charge on any atom is 0.253 e. The quantitative estimate of drug-likeness (QED) is 0.747. The molecule has 106 valence electrons. The van der Waals surface area contributed by atoms with E-state index in [0.717, 1.165) is 10.8 Å². The predicted octanol–water partition coefficient (Wildman–Crippen LogP) is 2.17. The predicted molar refractivity (Wildman–Crippen MR) is 81.5 cm³/mol. The average molecular weight is 272 g/mol. The fraction of sp³-hybridized carbons (Fsp3) is 0.312. The summed E-state index contributed by atoms with van der Waals surface area (Å²) in [6, 6.07) is 11.1. The number of nitrogen functional groups attached to an aromatic ring is 1. The van der Waals surface area contributed by atoms with Crippen LogP contribution in [0.2, 0.25) is 0 Å². The van der Waals surface area contributed by atoms with Crippen molar-refractivity contribution in [3.63, 3.8) is 0 Å². The number of hydrogen-bond donors (Lipinski definition) is 3. The topological polar surface area (TPSA) is 75.3 Å². The van der Waals surface area contributed by atoms with Crippen molar-refractivity contribution >= 4 is 22.4 Å². The summed E-state index contributed by atoms with van der Waals surface area (Å²) in [5.74, 6) is -0.0911. The highest BCUT2D eigenvalue weighted by molar-refractivity contribution is 6.04. The Hall–Kier alpha value is -2.07. The Balaban J connectivity index is 2.32. The van der Waals surface area contributed by atoms with E-state index >= 15 is 0 Å². The van der Waals surface area contributed by atoms with Crippen molar-refractivity contribution in [3.8, 4) is 0 Å². The van der Waals surface area contributed by atoms with Gasteiger partial charge in [0, 0.05) is 5.69 Å². The van der Waals surface area contributed by atoms with Crippen LogP contribution in [-0.2, 0) is 0 Å². The molecule has 0 aliphatic heterocycles. The summed E-state index contributed by atoms with van der Waals surface area (Å²) in [5, 5.41) is 14.1. The van der Waals surface area contributed by atoms with E-state index in [1.54, 1.807) is 12.1 Å². The van der Waals surface area contributed by atoms with Gasteiger partial charge in [0.1, 0.15) is 0 Å². The molecule has 20 heavy (non-hydrogen) atoms. The molecule has 1 amide bonds. The minimum atomic E-state index is -0.270. The largest absolute Gasteiger partial charge is 0.398 e. The smallest absolute Gasteiger partial charge is 0.253 e. The molecular formula is C16H20N2O2. The van der Waals surface area contributed by atoms with E-state index < -0.39 is 0 Å². The van der Waals surface area contributed by atoms with Crippen LogP contribution in [0.4, 0.5) is 5.69 Å². The molecule has 4 N–H and O–H groups in total. The molecule has 0 unspecified atom stereocenters. The first-order chi connectivity index (χ1) is 9.52. The van der Waals surface area contributed by atoms with Gasteiger partial charge in [-0.3, -0.25) is 4.79 Å². The molecule has 4 heteroatoms.